The number of fused-ring (bicyclic) bond motifs is 2. The molecule has 0 saturated heterocycles. The van der Waals surface area contributed by atoms with Gasteiger partial charge in [-0.1, -0.05) is 11.6 Å². The van der Waals surface area contributed by atoms with Crippen LogP contribution in [0.4, 0.5) is 11.4 Å². The van der Waals surface area contributed by atoms with Crippen molar-refractivity contribution in [2.24, 2.45) is 0 Å². The number of nitrogens with one attached hydrogen (secondary N) is 1. The molecule has 0 unspecified atom stereocenters. The molecule has 1 aromatic carbocycles. The highest BCUT2D eigenvalue weighted by molar-refractivity contribution is 7.21. The lowest BCUT2D eigenvalue weighted by molar-refractivity contribution is 0.103. The van der Waals surface area contributed by atoms with E-state index in [1.807, 2.05) is 0 Å². The molecule has 2 heterocycles. The summed E-state index contributed by atoms with van der Waals surface area (Å²) in [5, 5.41) is 4.38. The number of anilines is 2. The maximum atomic E-state index is 12.6. The van der Waals surface area contributed by atoms with E-state index in [-0.39, 0.29) is 5.91 Å². The molecular weight excluding hydrogens is 342 g/mol. The van der Waals surface area contributed by atoms with Crippen LogP contribution in [-0.4, -0.2) is 10.9 Å². The summed E-state index contributed by atoms with van der Waals surface area (Å²) in [7, 11) is 0. The first-order chi connectivity index (χ1) is 11.6. The van der Waals surface area contributed by atoms with Crippen LogP contribution < -0.4 is 11.1 Å². The highest BCUT2D eigenvalue weighted by atomic mass is 35.5. The number of thiophene rings is 1. The summed E-state index contributed by atoms with van der Waals surface area (Å²) in [5.74, 6) is -0.212. The van der Waals surface area contributed by atoms with Gasteiger partial charge in [0, 0.05) is 21.8 Å². The van der Waals surface area contributed by atoms with Gasteiger partial charge in [0.2, 0.25) is 0 Å². The Labute approximate surface area is 148 Å². The Morgan fingerprint density at radius 2 is 1.96 bits per heavy atom. The first-order valence-corrected chi connectivity index (χ1v) is 9.09. The van der Waals surface area contributed by atoms with Gasteiger partial charge in [0.1, 0.15) is 9.71 Å². The number of amides is 1. The number of aromatic nitrogens is 1. The molecule has 1 aliphatic rings. The fourth-order valence-corrected chi connectivity index (χ4v) is 4.17. The number of carbonyl (C=O) groups excluding carboxylic acids is 1. The summed E-state index contributed by atoms with van der Waals surface area (Å²) in [6.45, 7) is 0. The van der Waals surface area contributed by atoms with Crippen LogP contribution in [0.5, 0.6) is 0 Å². The van der Waals surface area contributed by atoms with Crippen molar-refractivity contribution in [3.8, 4) is 0 Å². The molecule has 0 radical (unpaired) electrons. The zero-order valence-electron chi connectivity index (χ0n) is 12.9. The molecule has 3 aromatic rings. The van der Waals surface area contributed by atoms with E-state index < -0.39 is 0 Å². The quantitative estimate of drug-likeness (QED) is 0.700. The Kier molecular flexibility index (Phi) is 3.90. The zero-order chi connectivity index (χ0) is 16.7. The molecule has 24 heavy (non-hydrogen) atoms. The third-order valence-electron chi connectivity index (χ3n) is 4.31. The van der Waals surface area contributed by atoms with Crippen molar-refractivity contribution in [3.05, 3.63) is 51.5 Å². The van der Waals surface area contributed by atoms with Crippen LogP contribution in [0.1, 0.15) is 33.8 Å². The lowest BCUT2D eigenvalue weighted by Crippen LogP contribution is -2.11. The number of halogens is 1. The van der Waals surface area contributed by atoms with E-state index in [1.165, 1.54) is 29.7 Å². The number of hydrogen-bond acceptors (Lipinski definition) is 4. The highest BCUT2D eigenvalue weighted by Gasteiger charge is 2.20. The van der Waals surface area contributed by atoms with E-state index in [9.17, 15) is 4.79 Å². The number of nitrogens with zero attached hydrogens (tertiary/aromatic N) is 1. The smallest absolute Gasteiger partial charge is 0.267 e. The number of benzene rings is 1. The van der Waals surface area contributed by atoms with E-state index in [0.717, 1.165) is 28.8 Å². The molecule has 0 aliphatic heterocycles. The van der Waals surface area contributed by atoms with Gasteiger partial charge in [0.15, 0.2) is 0 Å². The fraction of sp³-hybridized carbons (Fsp3) is 0.222. The van der Waals surface area contributed by atoms with Gasteiger partial charge in [-0.25, -0.2) is 4.98 Å². The summed E-state index contributed by atoms with van der Waals surface area (Å²) in [5.41, 5.74) is 9.86. The van der Waals surface area contributed by atoms with Crippen LogP contribution in [0, 0.1) is 0 Å². The Bertz CT molecular complexity index is 934. The van der Waals surface area contributed by atoms with Crippen LogP contribution in [0.3, 0.4) is 0 Å². The van der Waals surface area contributed by atoms with Crippen LogP contribution in [0.15, 0.2) is 30.3 Å². The lowest BCUT2D eigenvalue weighted by Gasteiger charge is -2.14. The van der Waals surface area contributed by atoms with Crippen molar-refractivity contribution in [1.82, 2.24) is 4.98 Å². The molecule has 3 N–H and O–H groups in total. The minimum Gasteiger partial charge on any atom is -0.397 e. The van der Waals surface area contributed by atoms with Crippen molar-refractivity contribution >= 4 is 50.4 Å². The van der Waals surface area contributed by atoms with Gasteiger partial charge >= 0.3 is 0 Å². The van der Waals surface area contributed by atoms with Crippen molar-refractivity contribution in [2.75, 3.05) is 11.1 Å². The fourth-order valence-electron chi connectivity index (χ4n) is 3.05. The third kappa shape index (κ3) is 2.74. The van der Waals surface area contributed by atoms with Crippen molar-refractivity contribution in [2.45, 2.75) is 25.7 Å². The maximum absolute atomic E-state index is 12.6. The summed E-state index contributed by atoms with van der Waals surface area (Å²) < 4.78 is 0. The van der Waals surface area contributed by atoms with Gasteiger partial charge in [-0.2, -0.15) is 0 Å². The second-order valence-electron chi connectivity index (χ2n) is 5.96. The average molecular weight is 358 g/mol. The van der Waals surface area contributed by atoms with Gasteiger partial charge in [0.25, 0.3) is 5.91 Å². The number of hydrogen-bond donors (Lipinski definition) is 2. The number of rotatable bonds is 2. The van der Waals surface area contributed by atoms with Gasteiger partial charge in [-0.15, -0.1) is 11.3 Å². The predicted octanol–water partition coefficient (Wildman–Crippen LogP) is 4.66. The van der Waals surface area contributed by atoms with Gasteiger partial charge in [-0.05, 0) is 61.6 Å². The molecule has 4 nitrogen and oxygen atoms in total. The third-order valence-corrected chi connectivity index (χ3v) is 5.67. The first-order valence-electron chi connectivity index (χ1n) is 7.89. The monoisotopic (exact) mass is 357 g/mol. The molecule has 0 bridgehead atoms. The van der Waals surface area contributed by atoms with E-state index >= 15 is 0 Å². The minimum absolute atomic E-state index is 0.212. The normalized spacial score (nSPS) is 13.7. The Balaban J connectivity index is 1.69. The van der Waals surface area contributed by atoms with E-state index in [2.05, 4.69) is 11.4 Å². The summed E-state index contributed by atoms with van der Waals surface area (Å²) in [6, 6.07) is 9.12. The molecule has 0 saturated carbocycles. The SMILES string of the molecule is Nc1c(C(=O)Nc2ccc(Cl)cc2)sc2nc3c(cc12)CCCC3. The Morgan fingerprint density at radius 3 is 2.75 bits per heavy atom. The molecule has 122 valence electrons. The predicted molar refractivity (Wildman–Crippen MR) is 100 cm³/mol. The van der Waals surface area contributed by atoms with Crippen LogP contribution in [0.25, 0.3) is 10.2 Å². The van der Waals surface area contributed by atoms with Crippen molar-refractivity contribution < 1.29 is 4.79 Å². The van der Waals surface area contributed by atoms with Crippen molar-refractivity contribution in [1.29, 1.82) is 0 Å². The standard InChI is InChI=1S/C18H16ClN3OS/c19-11-5-7-12(8-6-11)21-17(23)16-15(20)13-9-10-3-1-2-4-14(10)22-18(13)24-16/h5-9H,1-4,20H2,(H,21,23). The van der Waals surface area contributed by atoms with Crippen LogP contribution in [-0.2, 0) is 12.8 Å². The van der Waals surface area contributed by atoms with Crippen LogP contribution in [0.2, 0.25) is 5.02 Å². The van der Waals surface area contributed by atoms with Gasteiger partial charge < -0.3 is 11.1 Å². The molecule has 6 heteroatoms. The first kappa shape index (κ1) is 15.4. The lowest BCUT2D eigenvalue weighted by atomic mass is 9.95. The topological polar surface area (TPSA) is 68.0 Å². The van der Waals surface area contributed by atoms with Gasteiger partial charge in [0.05, 0.1) is 5.69 Å². The molecule has 1 aliphatic carbocycles. The second kappa shape index (κ2) is 6.07. The van der Waals surface area contributed by atoms with Crippen molar-refractivity contribution in [3.63, 3.8) is 0 Å². The highest BCUT2D eigenvalue weighted by Crippen LogP contribution is 2.35. The second-order valence-corrected chi connectivity index (χ2v) is 7.40. The van der Waals surface area contributed by atoms with E-state index in [4.69, 9.17) is 22.3 Å². The number of pyridine rings is 1. The largest absolute Gasteiger partial charge is 0.397 e. The average Bonchev–Trinajstić information content (AvgIpc) is 2.91. The molecule has 0 spiro atoms. The van der Waals surface area contributed by atoms with E-state index in [1.54, 1.807) is 24.3 Å². The minimum atomic E-state index is -0.212. The van der Waals surface area contributed by atoms with Crippen LogP contribution >= 0.6 is 22.9 Å². The van der Waals surface area contributed by atoms with Gasteiger partial charge in [-0.3, -0.25) is 4.79 Å². The Morgan fingerprint density at radius 1 is 1.21 bits per heavy atom. The summed E-state index contributed by atoms with van der Waals surface area (Å²) in [4.78, 5) is 18.7. The summed E-state index contributed by atoms with van der Waals surface area (Å²) >= 11 is 7.22. The zero-order valence-corrected chi connectivity index (χ0v) is 14.5. The molecule has 1 amide bonds. The van der Waals surface area contributed by atoms with E-state index in [0.29, 0.717) is 21.3 Å². The molecule has 2 aromatic heterocycles. The molecular formula is C18H16ClN3OS. The molecule has 0 atom stereocenters. The summed E-state index contributed by atoms with van der Waals surface area (Å²) in [6.07, 6.45) is 4.42. The number of carbonyl (C=O) groups is 1. The number of nitrogens with two attached hydrogens (primary N) is 1. The Hall–Kier alpha value is -2.11. The molecule has 0 fully saturated rings. The maximum Gasteiger partial charge on any atom is 0.267 e. The number of nitrogen functional groups attached to an aromatic ring is 1. The molecule has 4 rings (SSSR count). The number of aryl methyl sites for hydroxylation is 2.